The third-order valence-electron chi connectivity index (χ3n) is 2.84. The van der Waals surface area contributed by atoms with Gasteiger partial charge in [0, 0.05) is 6.07 Å². The first-order valence-electron chi connectivity index (χ1n) is 6.14. The van der Waals surface area contributed by atoms with Gasteiger partial charge in [-0.15, -0.1) is 13.2 Å². The van der Waals surface area contributed by atoms with Crippen LogP contribution in [0.3, 0.4) is 0 Å². The Labute approximate surface area is 124 Å². The highest BCUT2D eigenvalue weighted by Crippen LogP contribution is 2.36. The van der Waals surface area contributed by atoms with Crippen molar-refractivity contribution >= 4 is 0 Å². The number of hydrogen-bond donors (Lipinski definition) is 1. The van der Waals surface area contributed by atoms with Gasteiger partial charge >= 0.3 is 6.36 Å². The summed E-state index contributed by atoms with van der Waals surface area (Å²) in [5.41, 5.74) is 0.890. The number of halogens is 3. The van der Waals surface area contributed by atoms with Gasteiger partial charge in [0.1, 0.15) is 11.5 Å². The van der Waals surface area contributed by atoms with Gasteiger partial charge in [-0.2, -0.15) is 0 Å². The van der Waals surface area contributed by atoms with Crippen LogP contribution in [0.4, 0.5) is 13.2 Å². The van der Waals surface area contributed by atoms with Crippen molar-refractivity contribution in [1.29, 1.82) is 0 Å². The number of ether oxygens (including phenoxy) is 3. The van der Waals surface area contributed by atoms with Crippen LogP contribution in [-0.4, -0.2) is 25.7 Å². The normalized spacial score (nSPS) is 11.1. The number of rotatable bonds is 4. The smallest absolute Gasteiger partial charge is 0.508 e. The summed E-state index contributed by atoms with van der Waals surface area (Å²) in [4.78, 5) is 0. The number of phenols is 1. The van der Waals surface area contributed by atoms with Crippen LogP contribution in [0.5, 0.6) is 23.0 Å². The van der Waals surface area contributed by atoms with Crippen LogP contribution < -0.4 is 14.2 Å². The highest BCUT2D eigenvalue weighted by Gasteiger charge is 2.31. The Balaban J connectivity index is 2.44. The molecule has 0 fully saturated rings. The molecular weight excluding hydrogens is 301 g/mol. The predicted octanol–water partition coefficient (Wildman–Crippen LogP) is 3.98. The van der Waals surface area contributed by atoms with Gasteiger partial charge in [-0.25, -0.2) is 0 Å². The van der Waals surface area contributed by atoms with Crippen LogP contribution in [0.2, 0.25) is 0 Å². The number of aromatic hydroxyl groups is 1. The molecule has 2 rings (SSSR count). The first-order valence-corrected chi connectivity index (χ1v) is 6.14. The predicted molar refractivity (Wildman–Crippen MR) is 73.3 cm³/mol. The molecule has 0 unspecified atom stereocenters. The third-order valence-corrected chi connectivity index (χ3v) is 2.84. The molecule has 7 heteroatoms. The Morgan fingerprint density at radius 1 is 0.864 bits per heavy atom. The van der Waals surface area contributed by atoms with E-state index in [-0.39, 0.29) is 5.75 Å². The van der Waals surface area contributed by atoms with Crippen LogP contribution in [0.25, 0.3) is 11.1 Å². The Hall–Kier alpha value is -2.57. The van der Waals surface area contributed by atoms with Crippen molar-refractivity contribution in [1.82, 2.24) is 0 Å². The van der Waals surface area contributed by atoms with E-state index in [1.807, 2.05) is 0 Å². The van der Waals surface area contributed by atoms with E-state index in [1.54, 1.807) is 18.2 Å². The zero-order valence-corrected chi connectivity index (χ0v) is 11.8. The van der Waals surface area contributed by atoms with Gasteiger partial charge < -0.3 is 19.3 Å². The molecule has 0 atom stereocenters. The molecular formula is C15H13F3O4. The van der Waals surface area contributed by atoms with E-state index in [0.717, 1.165) is 6.07 Å². The maximum Gasteiger partial charge on any atom is 0.573 e. The van der Waals surface area contributed by atoms with Crippen molar-refractivity contribution in [3.8, 4) is 34.1 Å². The van der Waals surface area contributed by atoms with Gasteiger partial charge in [-0.05, 0) is 35.4 Å². The monoisotopic (exact) mass is 314 g/mol. The Morgan fingerprint density at radius 2 is 1.55 bits per heavy atom. The number of methoxy groups -OCH3 is 2. The first-order chi connectivity index (χ1) is 10.3. The lowest BCUT2D eigenvalue weighted by atomic mass is 10.0. The largest absolute Gasteiger partial charge is 0.573 e. The average molecular weight is 314 g/mol. The number of phenolic OH excluding ortho intramolecular Hbond substituents is 1. The van der Waals surface area contributed by atoms with Crippen LogP contribution in [0.1, 0.15) is 0 Å². The molecule has 0 bridgehead atoms. The minimum Gasteiger partial charge on any atom is -0.508 e. The zero-order chi connectivity index (χ0) is 16.3. The van der Waals surface area contributed by atoms with E-state index in [4.69, 9.17) is 9.47 Å². The molecule has 0 aliphatic carbocycles. The van der Waals surface area contributed by atoms with E-state index in [2.05, 4.69) is 4.74 Å². The van der Waals surface area contributed by atoms with Crippen LogP contribution in [-0.2, 0) is 0 Å². The second-order valence-electron chi connectivity index (χ2n) is 4.33. The summed E-state index contributed by atoms with van der Waals surface area (Å²) in [6.07, 6.45) is -4.83. The van der Waals surface area contributed by atoms with Crippen molar-refractivity contribution < 1.29 is 32.5 Å². The molecule has 0 saturated carbocycles. The fraction of sp³-hybridized carbons (Fsp3) is 0.200. The summed E-state index contributed by atoms with van der Waals surface area (Å²) in [5, 5.41) is 9.58. The summed E-state index contributed by atoms with van der Waals surface area (Å²) in [5.74, 6) is 0.0589. The average Bonchev–Trinajstić information content (AvgIpc) is 2.44. The molecule has 0 aliphatic heterocycles. The van der Waals surface area contributed by atoms with E-state index < -0.39 is 12.1 Å². The van der Waals surface area contributed by atoms with Crippen molar-refractivity contribution in [3.63, 3.8) is 0 Å². The maximum atomic E-state index is 12.3. The number of benzene rings is 2. The van der Waals surface area contributed by atoms with Gasteiger partial charge in [0.2, 0.25) is 0 Å². The van der Waals surface area contributed by atoms with E-state index in [0.29, 0.717) is 22.6 Å². The second-order valence-corrected chi connectivity index (χ2v) is 4.33. The van der Waals surface area contributed by atoms with Gasteiger partial charge in [-0.1, -0.05) is 6.07 Å². The fourth-order valence-corrected chi connectivity index (χ4v) is 1.96. The lowest BCUT2D eigenvalue weighted by molar-refractivity contribution is -0.274. The quantitative estimate of drug-likeness (QED) is 0.927. The number of hydrogen-bond acceptors (Lipinski definition) is 4. The molecule has 2 aromatic rings. The Morgan fingerprint density at radius 3 is 2.14 bits per heavy atom. The molecule has 0 amide bonds. The maximum absolute atomic E-state index is 12.3. The minimum absolute atomic E-state index is 0.341. The van der Waals surface area contributed by atoms with Crippen molar-refractivity contribution in [3.05, 3.63) is 36.4 Å². The topological polar surface area (TPSA) is 47.9 Å². The molecule has 0 spiro atoms. The fourth-order valence-electron chi connectivity index (χ4n) is 1.96. The summed E-state index contributed by atoms with van der Waals surface area (Å²) in [6.45, 7) is 0. The Bertz CT molecular complexity index is 668. The van der Waals surface area contributed by atoms with Crippen LogP contribution in [0, 0.1) is 0 Å². The molecule has 118 valence electrons. The summed E-state index contributed by atoms with van der Waals surface area (Å²) in [6, 6.07) is 8.22. The Kier molecular flexibility index (Phi) is 4.35. The SMILES string of the molecule is COc1ccc(-c2cc(O)cc(OC(F)(F)F)c2)cc1OC. The van der Waals surface area contributed by atoms with Crippen LogP contribution >= 0.6 is 0 Å². The van der Waals surface area contributed by atoms with Crippen molar-refractivity contribution in [2.24, 2.45) is 0 Å². The molecule has 0 aliphatic rings. The van der Waals surface area contributed by atoms with Crippen molar-refractivity contribution in [2.45, 2.75) is 6.36 Å². The molecule has 2 aromatic carbocycles. The number of alkyl halides is 3. The highest BCUT2D eigenvalue weighted by molar-refractivity contribution is 5.70. The lowest BCUT2D eigenvalue weighted by Crippen LogP contribution is -2.17. The summed E-state index contributed by atoms with van der Waals surface area (Å²) >= 11 is 0. The molecule has 0 aromatic heterocycles. The second kappa shape index (κ2) is 6.05. The van der Waals surface area contributed by atoms with E-state index in [9.17, 15) is 18.3 Å². The molecule has 0 heterocycles. The summed E-state index contributed by atoms with van der Waals surface area (Å²) < 4.78 is 50.9. The minimum atomic E-state index is -4.83. The standard InChI is InChI=1S/C15H13F3O4/c1-20-13-4-3-9(7-14(13)21-2)10-5-11(19)8-12(6-10)22-15(16,17)18/h3-8,19H,1-2H3. The van der Waals surface area contributed by atoms with E-state index in [1.165, 1.54) is 26.4 Å². The third kappa shape index (κ3) is 3.75. The molecule has 1 N–H and O–H groups in total. The molecule has 4 nitrogen and oxygen atoms in total. The molecule has 0 radical (unpaired) electrons. The van der Waals surface area contributed by atoms with Gasteiger partial charge in [0.05, 0.1) is 14.2 Å². The first kappa shape index (κ1) is 15.8. The van der Waals surface area contributed by atoms with Gasteiger partial charge in [0.25, 0.3) is 0 Å². The van der Waals surface area contributed by atoms with Crippen molar-refractivity contribution in [2.75, 3.05) is 14.2 Å². The van der Waals surface area contributed by atoms with Gasteiger partial charge in [-0.3, -0.25) is 0 Å². The molecule has 0 saturated heterocycles. The lowest BCUT2D eigenvalue weighted by Gasteiger charge is -2.12. The molecule has 22 heavy (non-hydrogen) atoms. The van der Waals surface area contributed by atoms with Crippen LogP contribution in [0.15, 0.2) is 36.4 Å². The van der Waals surface area contributed by atoms with E-state index >= 15 is 0 Å². The summed E-state index contributed by atoms with van der Waals surface area (Å²) in [7, 11) is 2.92. The van der Waals surface area contributed by atoms with Gasteiger partial charge in [0.15, 0.2) is 11.5 Å². The highest BCUT2D eigenvalue weighted by atomic mass is 19.4. The zero-order valence-electron chi connectivity index (χ0n) is 11.8.